The van der Waals surface area contributed by atoms with Crippen molar-refractivity contribution < 1.29 is 9.59 Å². The minimum atomic E-state index is -0.610. The maximum Gasteiger partial charge on any atom is 0.239 e. The molecule has 1 aliphatic heterocycles. The molecule has 1 unspecified atom stereocenters. The zero-order chi connectivity index (χ0) is 17.8. The number of anilines is 1. The van der Waals surface area contributed by atoms with Crippen LogP contribution in [0.5, 0.6) is 0 Å². The molecule has 1 aliphatic rings. The van der Waals surface area contributed by atoms with Crippen molar-refractivity contribution in [2.75, 3.05) is 11.4 Å². The van der Waals surface area contributed by atoms with Gasteiger partial charge in [-0.3, -0.25) is 14.6 Å². The Balaban J connectivity index is 1.62. The second-order valence-corrected chi connectivity index (χ2v) is 6.66. The van der Waals surface area contributed by atoms with Crippen LogP contribution in [0.4, 0.5) is 5.69 Å². The van der Waals surface area contributed by atoms with Crippen LogP contribution in [-0.4, -0.2) is 23.3 Å². The van der Waals surface area contributed by atoms with E-state index in [9.17, 15) is 9.59 Å². The number of hydrogen-bond acceptors (Lipinski definition) is 3. The number of amides is 2. The average molecular weight is 337 g/mol. The minimum Gasteiger partial charge on any atom is -0.351 e. The molecule has 3 rings (SSSR count). The molecule has 2 amide bonds. The molecule has 0 radical (unpaired) electrons. The predicted octanol–water partition coefficient (Wildman–Crippen LogP) is 2.87. The fourth-order valence-electron chi connectivity index (χ4n) is 3.03. The lowest BCUT2D eigenvalue weighted by molar-refractivity contribution is -0.132. The maximum absolute atomic E-state index is 12.6. The normalized spacial score (nSPS) is 17.2. The number of pyridine rings is 1. The standard InChI is InChI=1S/C20H23N3O2/c1-14(2)16-5-7-17(8-6-16)23-11-9-18(20(23)25)19(24)22-13-15-4-3-10-21-12-15/h3-8,10,12,14,18H,9,11,13H2,1-2H3,(H,22,24). The van der Waals surface area contributed by atoms with Crippen LogP contribution in [0, 0.1) is 5.92 Å². The van der Waals surface area contributed by atoms with Crippen molar-refractivity contribution in [1.82, 2.24) is 10.3 Å². The number of carbonyl (C=O) groups excluding carboxylic acids is 2. The number of rotatable bonds is 5. The molecule has 1 saturated heterocycles. The summed E-state index contributed by atoms with van der Waals surface area (Å²) in [6.45, 7) is 5.24. The summed E-state index contributed by atoms with van der Waals surface area (Å²) in [4.78, 5) is 30.7. The van der Waals surface area contributed by atoms with E-state index in [1.54, 1.807) is 17.3 Å². The SMILES string of the molecule is CC(C)c1ccc(N2CCC(C(=O)NCc3cccnc3)C2=O)cc1. The molecule has 0 saturated carbocycles. The molecule has 1 N–H and O–H groups in total. The number of benzene rings is 1. The van der Waals surface area contributed by atoms with Crippen LogP contribution in [0.2, 0.25) is 0 Å². The summed E-state index contributed by atoms with van der Waals surface area (Å²) in [7, 11) is 0. The van der Waals surface area contributed by atoms with Gasteiger partial charge in [-0.15, -0.1) is 0 Å². The van der Waals surface area contributed by atoms with Crippen molar-refractivity contribution in [2.45, 2.75) is 32.7 Å². The van der Waals surface area contributed by atoms with E-state index in [1.807, 2.05) is 36.4 Å². The lowest BCUT2D eigenvalue weighted by atomic mass is 10.0. The number of aromatic nitrogens is 1. The van der Waals surface area contributed by atoms with Gasteiger partial charge in [-0.25, -0.2) is 0 Å². The fraction of sp³-hybridized carbons (Fsp3) is 0.350. The zero-order valence-electron chi connectivity index (χ0n) is 14.6. The molecule has 130 valence electrons. The van der Waals surface area contributed by atoms with E-state index < -0.39 is 5.92 Å². The van der Waals surface area contributed by atoms with Gasteiger partial charge in [-0.05, 0) is 41.7 Å². The molecule has 25 heavy (non-hydrogen) atoms. The van der Waals surface area contributed by atoms with Crippen molar-refractivity contribution in [3.8, 4) is 0 Å². The topological polar surface area (TPSA) is 62.3 Å². The maximum atomic E-state index is 12.6. The molecule has 5 nitrogen and oxygen atoms in total. The quantitative estimate of drug-likeness (QED) is 0.854. The highest BCUT2D eigenvalue weighted by Gasteiger charge is 2.37. The first-order chi connectivity index (χ1) is 12.1. The van der Waals surface area contributed by atoms with Gasteiger partial charge in [-0.2, -0.15) is 0 Å². The van der Waals surface area contributed by atoms with Gasteiger partial charge >= 0.3 is 0 Å². The van der Waals surface area contributed by atoms with E-state index in [-0.39, 0.29) is 11.8 Å². The van der Waals surface area contributed by atoms with Crippen molar-refractivity contribution >= 4 is 17.5 Å². The van der Waals surface area contributed by atoms with Crippen molar-refractivity contribution in [2.24, 2.45) is 5.92 Å². The Morgan fingerprint density at radius 1 is 1.28 bits per heavy atom. The van der Waals surface area contributed by atoms with Gasteiger partial charge < -0.3 is 10.2 Å². The Kier molecular flexibility index (Phi) is 5.12. The summed E-state index contributed by atoms with van der Waals surface area (Å²) in [5.41, 5.74) is 3.01. The molecular weight excluding hydrogens is 314 g/mol. The molecule has 2 aromatic rings. The van der Waals surface area contributed by atoms with Crippen LogP contribution in [0.15, 0.2) is 48.8 Å². The number of hydrogen-bond donors (Lipinski definition) is 1. The third-order valence-electron chi connectivity index (χ3n) is 4.58. The van der Waals surface area contributed by atoms with Gasteiger partial charge in [0.1, 0.15) is 5.92 Å². The van der Waals surface area contributed by atoms with E-state index in [1.165, 1.54) is 5.56 Å². The number of nitrogens with one attached hydrogen (secondary N) is 1. The van der Waals surface area contributed by atoms with Crippen LogP contribution in [0.3, 0.4) is 0 Å². The lowest BCUT2D eigenvalue weighted by Crippen LogP contribution is -2.36. The first-order valence-electron chi connectivity index (χ1n) is 8.64. The highest BCUT2D eigenvalue weighted by atomic mass is 16.2. The Morgan fingerprint density at radius 3 is 2.68 bits per heavy atom. The van der Waals surface area contributed by atoms with Crippen molar-refractivity contribution in [1.29, 1.82) is 0 Å². The molecule has 1 aromatic carbocycles. The monoisotopic (exact) mass is 337 g/mol. The Hall–Kier alpha value is -2.69. The van der Waals surface area contributed by atoms with Crippen molar-refractivity contribution in [3.63, 3.8) is 0 Å². The van der Waals surface area contributed by atoms with Crippen LogP contribution in [0.1, 0.15) is 37.3 Å². The molecule has 1 atom stereocenters. The molecule has 0 spiro atoms. The summed E-state index contributed by atoms with van der Waals surface area (Å²) < 4.78 is 0. The Morgan fingerprint density at radius 2 is 2.04 bits per heavy atom. The third kappa shape index (κ3) is 3.87. The molecule has 1 fully saturated rings. The van der Waals surface area contributed by atoms with Gasteiger partial charge in [0.05, 0.1) is 0 Å². The van der Waals surface area contributed by atoms with Gasteiger partial charge in [-0.1, -0.05) is 32.0 Å². The summed E-state index contributed by atoms with van der Waals surface area (Å²) in [5, 5.41) is 2.84. The lowest BCUT2D eigenvalue weighted by Gasteiger charge is -2.18. The minimum absolute atomic E-state index is 0.124. The van der Waals surface area contributed by atoms with Crippen molar-refractivity contribution in [3.05, 3.63) is 59.9 Å². The second-order valence-electron chi connectivity index (χ2n) is 6.66. The molecule has 5 heteroatoms. The van der Waals surface area contributed by atoms with E-state index in [2.05, 4.69) is 24.1 Å². The van der Waals surface area contributed by atoms with Gasteiger partial charge in [0.25, 0.3) is 0 Å². The number of carbonyl (C=O) groups is 2. The average Bonchev–Trinajstić information content (AvgIpc) is 3.02. The second kappa shape index (κ2) is 7.47. The third-order valence-corrected chi connectivity index (χ3v) is 4.58. The fourth-order valence-corrected chi connectivity index (χ4v) is 3.03. The zero-order valence-corrected chi connectivity index (χ0v) is 14.6. The summed E-state index contributed by atoms with van der Waals surface area (Å²) in [6.07, 6.45) is 3.94. The summed E-state index contributed by atoms with van der Waals surface area (Å²) in [6, 6.07) is 11.7. The predicted molar refractivity (Wildman–Crippen MR) is 97.1 cm³/mol. The van der Waals surface area contributed by atoms with Crippen LogP contribution < -0.4 is 10.2 Å². The highest BCUT2D eigenvalue weighted by molar-refractivity contribution is 6.09. The Labute approximate surface area is 148 Å². The van der Waals surface area contributed by atoms with Crippen LogP contribution in [0.25, 0.3) is 0 Å². The molecule has 0 bridgehead atoms. The van der Waals surface area contributed by atoms with Crippen LogP contribution >= 0.6 is 0 Å². The van der Waals surface area contributed by atoms with Crippen LogP contribution in [-0.2, 0) is 16.1 Å². The molecule has 1 aromatic heterocycles. The van der Waals surface area contributed by atoms with E-state index >= 15 is 0 Å². The highest BCUT2D eigenvalue weighted by Crippen LogP contribution is 2.27. The van der Waals surface area contributed by atoms with Gasteiger partial charge in [0, 0.05) is 31.2 Å². The first-order valence-corrected chi connectivity index (χ1v) is 8.64. The smallest absolute Gasteiger partial charge is 0.239 e. The number of nitrogens with zero attached hydrogens (tertiary/aromatic N) is 2. The van der Waals surface area contributed by atoms with Gasteiger partial charge in [0.15, 0.2) is 0 Å². The summed E-state index contributed by atoms with van der Waals surface area (Å²) >= 11 is 0. The van der Waals surface area contributed by atoms with Gasteiger partial charge in [0.2, 0.25) is 11.8 Å². The molecule has 0 aliphatic carbocycles. The van der Waals surface area contributed by atoms with E-state index in [0.717, 1.165) is 11.3 Å². The first kappa shape index (κ1) is 17.1. The van der Waals surface area contributed by atoms with E-state index in [4.69, 9.17) is 0 Å². The summed E-state index contributed by atoms with van der Waals surface area (Å²) in [5.74, 6) is -0.494. The molecule has 2 heterocycles. The molecular formula is C20H23N3O2. The Bertz CT molecular complexity index is 741. The largest absolute Gasteiger partial charge is 0.351 e. The van der Waals surface area contributed by atoms with E-state index in [0.29, 0.717) is 25.4 Å².